The molecule has 2 aliphatic rings. The van der Waals surface area contributed by atoms with E-state index < -0.39 is 0 Å². The number of carbonyl (C=O) groups is 1. The number of carbonyl (C=O) groups excluding carboxylic acids is 1. The van der Waals surface area contributed by atoms with Gasteiger partial charge in [-0.2, -0.15) is 0 Å². The van der Waals surface area contributed by atoms with E-state index in [0.29, 0.717) is 18.5 Å². The Labute approximate surface area is 129 Å². The van der Waals surface area contributed by atoms with Crippen molar-refractivity contribution in [3.8, 4) is 0 Å². The maximum absolute atomic E-state index is 11.4. The number of amides is 1. The fourth-order valence-corrected chi connectivity index (χ4v) is 3.61. The van der Waals surface area contributed by atoms with Gasteiger partial charge in [-0.25, -0.2) is 0 Å². The number of hydrogen-bond acceptors (Lipinski definition) is 3. The number of hydrogen-bond donors (Lipinski definition) is 2. The molecule has 0 radical (unpaired) electrons. The molecule has 0 unspecified atom stereocenters. The van der Waals surface area contributed by atoms with E-state index >= 15 is 0 Å². The molecule has 2 N–H and O–H groups in total. The lowest BCUT2D eigenvalue weighted by Gasteiger charge is -2.35. The molecule has 1 amide bonds. The molecule has 21 heavy (non-hydrogen) atoms. The molecule has 0 spiro atoms. The third kappa shape index (κ3) is 4.82. The quantitative estimate of drug-likeness (QED) is 0.760. The van der Waals surface area contributed by atoms with Gasteiger partial charge in [-0.05, 0) is 44.4 Å². The van der Waals surface area contributed by atoms with Crippen LogP contribution in [0.1, 0.15) is 39.5 Å². The van der Waals surface area contributed by atoms with Gasteiger partial charge in [0.2, 0.25) is 5.91 Å². The Morgan fingerprint density at radius 2 is 2.05 bits per heavy atom. The lowest BCUT2D eigenvalue weighted by molar-refractivity contribution is -0.122. The Hall–Kier alpha value is -0.870. The fourth-order valence-electron chi connectivity index (χ4n) is 3.61. The number of likely N-dealkylation sites (tertiary alicyclic amines) is 1. The molecule has 4 nitrogen and oxygen atoms in total. The summed E-state index contributed by atoms with van der Waals surface area (Å²) in [5.41, 5.74) is 1.57. The van der Waals surface area contributed by atoms with Gasteiger partial charge in [-0.15, -0.1) is 0 Å². The second-order valence-electron chi connectivity index (χ2n) is 6.74. The second kappa shape index (κ2) is 7.95. The first kappa shape index (κ1) is 16.5. The maximum Gasteiger partial charge on any atom is 0.233 e. The van der Waals surface area contributed by atoms with Gasteiger partial charge >= 0.3 is 0 Å². The van der Waals surface area contributed by atoms with Crippen LogP contribution in [0.3, 0.4) is 0 Å². The Bertz CT molecular complexity index is 372. The van der Waals surface area contributed by atoms with Gasteiger partial charge in [-0.1, -0.05) is 18.6 Å². The van der Waals surface area contributed by atoms with Crippen LogP contribution >= 0.6 is 0 Å². The van der Waals surface area contributed by atoms with Crippen molar-refractivity contribution in [1.82, 2.24) is 15.5 Å². The van der Waals surface area contributed by atoms with Crippen LogP contribution in [0.5, 0.6) is 0 Å². The lowest BCUT2D eigenvalue weighted by atomic mass is 9.80. The van der Waals surface area contributed by atoms with Crippen LogP contribution in [0, 0.1) is 11.8 Å². The Morgan fingerprint density at radius 1 is 1.33 bits per heavy atom. The second-order valence-corrected chi connectivity index (χ2v) is 6.74. The molecule has 1 heterocycles. The van der Waals surface area contributed by atoms with Gasteiger partial charge in [0.1, 0.15) is 0 Å². The molecule has 1 fully saturated rings. The number of allylic oxidation sites excluding steroid dienone is 1. The minimum absolute atomic E-state index is 0.123. The summed E-state index contributed by atoms with van der Waals surface area (Å²) in [6, 6.07) is 0.618. The first-order chi connectivity index (χ1) is 10.1. The summed E-state index contributed by atoms with van der Waals surface area (Å²) in [5.74, 6) is 1.64. The summed E-state index contributed by atoms with van der Waals surface area (Å²) in [4.78, 5) is 13.6. The highest BCUT2D eigenvalue weighted by Crippen LogP contribution is 2.29. The van der Waals surface area contributed by atoms with Crippen LogP contribution < -0.4 is 10.6 Å². The normalized spacial score (nSPS) is 28.2. The summed E-state index contributed by atoms with van der Waals surface area (Å²) in [6.45, 7) is 8.39. The average Bonchev–Trinajstić information content (AvgIpc) is 2.48. The van der Waals surface area contributed by atoms with Crippen LogP contribution in [0.25, 0.3) is 0 Å². The molecule has 1 saturated heterocycles. The fraction of sp³-hybridized carbons (Fsp3) is 0.824. The van der Waals surface area contributed by atoms with Gasteiger partial charge in [0.15, 0.2) is 0 Å². The number of rotatable bonds is 5. The summed E-state index contributed by atoms with van der Waals surface area (Å²) in [5, 5.41) is 6.47. The number of piperidine rings is 1. The zero-order valence-corrected chi connectivity index (χ0v) is 13.8. The van der Waals surface area contributed by atoms with Crippen molar-refractivity contribution in [2.45, 2.75) is 45.6 Å². The summed E-state index contributed by atoms with van der Waals surface area (Å²) in [6.07, 6.45) is 7.30. The molecule has 0 aromatic heterocycles. The van der Waals surface area contributed by atoms with E-state index in [1.54, 1.807) is 12.6 Å². The van der Waals surface area contributed by atoms with Crippen molar-refractivity contribution in [3.63, 3.8) is 0 Å². The van der Waals surface area contributed by atoms with Crippen molar-refractivity contribution in [2.75, 3.05) is 33.2 Å². The van der Waals surface area contributed by atoms with E-state index in [1.807, 2.05) is 0 Å². The first-order valence-corrected chi connectivity index (χ1v) is 8.43. The van der Waals surface area contributed by atoms with Crippen LogP contribution in [0.4, 0.5) is 0 Å². The number of nitrogens with one attached hydrogen (secondary N) is 2. The monoisotopic (exact) mass is 293 g/mol. The van der Waals surface area contributed by atoms with Crippen LogP contribution in [0.15, 0.2) is 11.6 Å². The van der Waals surface area contributed by atoms with E-state index in [4.69, 9.17) is 0 Å². The predicted molar refractivity (Wildman–Crippen MR) is 87.2 cm³/mol. The summed E-state index contributed by atoms with van der Waals surface area (Å²) in [7, 11) is 1.71. The van der Waals surface area contributed by atoms with E-state index in [-0.39, 0.29) is 5.91 Å². The minimum Gasteiger partial charge on any atom is -0.358 e. The zero-order valence-electron chi connectivity index (χ0n) is 13.8. The molecular formula is C17H31N3O. The smallest absolute Gasteiger partial charge is 0.233 e. The highest BCUT2D eigenvalue weighted by atomic mass is 16.1. The molecule has 0 aromatic rings. The highest BCUT2D eigenvalue weighted by Gasteiger charge is 2.25. The molecule has 0 bridgehead atoms. The minimum atomic E-state index is 0.123. The summed E-state index contributed by atoms with van der Waals surface area (Å²) >= 11 is 0. The topological polar surface area (TPSA) is 44.4 Å². The molecular weight excluding hydrogens is 262 g/mol. The molecule has 120 valence electrons. The van der Waals surface area contributed by atoms with E-state index in [0.717, 1.165) is 38.4 Å². The maximum atomic E-state index is 11.4. The SMILES string of the molecule is CNC(=O)CN1CCC(NC[C@H]2C(C)=CCC[C@H]2C)CC1. The molecule has 1 aliphatic heterocycles. The largest absolute Gasteiger partial charge is 0.358 e. The van der Waals surface area contributed by atoms with Gasteiger partial charge in [0, 0.05) is 32.7 Å². The lowest BCUT2D eigenvalue weighted by Crippen LogP contribution is -2.47. The van der Waals surface area contributed by atoms with Crippen LogP contribution in [-0.4, -0.2) is 50.1 Å². The molecule has 1 aliphatic carbocycles. The Kier molecular flexibility index (Phi) is 6.24. The van der Waals surface area contributed by atoms with Crippen LogP contribution in [0.2, 0.25) is 0 Å². The third-order valence-electron chi connectivity index (χ3n) is 5.22. The van der Waals surface area contributed by atoms with Crippen molar-refractivity contribution >= 4 is 5.91 Å². The standard InChI is InChI=1S/C17H31N3O/c1-13-5-4-6-14(2)16(13)11-19-15-7-9-20(10-8-15)12-17(21)18-3/h5,14-16,19H,4,6-12H2,1-3H3,(H,18,21)/t14-,16+/m1/s1. The van der Waals surface area contributed by atoms with Crippen molar-refractivity contribution in [3.05, 3.63) is 11.6 Å². The Balaban J connectivity index is 1.70. The first-order valence-electron chi connectivity index (χ1n) is 8.43. The van der Waals surface area contributed by atoms with Gasteiger partial charge in [0.25, 0.3) is 0 Å². The highest BCUT2D eigenvalue weighted by molar-refractivity contribution is 5.77. The van der Waals surface area contributed by atoms with Gasteiger partial charge < -0.3 is 10.6 Å². The van der Waals surface area contributed by atoms with E-state index in [2.05, 4.69) is 35.5 Å². The molecule has 4 heteroatoms. The molecule has 2 atom stereocenters. The number of likely N-dealkylation sites (N-methyl/N-ethyl adjacent to an activating group) is 1. The molecule has 0 aromatic carbocycles. The zero-order chi connectivity index (χ0) is 15.2. The average molecular weight is 293 g/mol. The van der Waals surface area contributed by atoms with E-state index in [1.165, 1.54) is 12.8 Å². The number of nitrogens with zero attached hydrogens (tertiary/aromatic N) is 1. The van der Waals surface area contributed by atoms with Gasteiger partial charge in [-0.3, -0.25) is 9.69 Å². The Morgan fingerprint density at radius 3 is 2.67 bits per heavy atom. The van der Waals surface area contributed by atoms with Gasteiger partial charge in [0.05, 0.1) is 6.54 Å². The van der Waals surface area contributed by atoms with Crippen molar-refractivity contribution in [1.29, 1.82) is 0 Å². The van der Waals surface area contributed by atoms with Crippen molar-refractivity contribution < 1.29 is 4.79 Å². The van der Waals surface area contributed by atoms with Crippen molar-refractivity contribution in [2.24, 2.45) is 11.8 Å². The van der Waals surface area contributed by atoms with Crippen LogP contribution in [-0.2, 0) is 4.79 Å². The predicted octanol–water partition coefficient (Wildman–Crippen LogP) is 1.78. The summed E-state index contributed by atoms with van der Waals surface area (Å²) < 4.78 is 0. The molecule has 2 rings (SSSR count). The third-order valence-corrected chi connectivity index (χ3v) is 5.22. The van der Waals surface area contributed by atoms with E-state index in [9.17, 15) is 4.79 Å². The molecule has 0 saturated carbocycles.